The Kier molecular flexibility index (Phi) is 4.26. The Morgan fingerprint density at radius 2 is 2.12 bits per heavy atom. The Balaban J connectivity index is 2.23. The number of rotatable bonds is 4. The highest BCUT2D eigenvalue weighted by atomic mass is 35.5. The smallest absolute Gasteiger partial charge is 0.120 e. The van der Waals surface area contributed by atoms with Gasteiger partial charge < -0.3 is 10.5 Å². The van der Waals surface area contributed by atoms with Crippen molar-refractivity contribution in [1.29, 1.82) is 0 Å². The van der Waals surface area contributed by atoms with E-state index >= 15 is 0 Å². The fraction of sp³-hybridized carbons (Fsp3) is 0.538. The molecule has 1 fully saturated rings. The maximum Gasteiger partial charge on any atom is 0.120 e. The summed E-state index contributed by atoms with van der Waals surface area (Å²) in [7, 11) is 1.65. The van der Waals surface area contributed by atoms with Crippen molar-refractivity contribution >= 4 is 11.6 Å². The van der Waals surface area contributed by atoms with Gasteiger partial charge in [0.15, 0.2) is 0 Å². The molecule has 0 aromatic heterocycles. The molecule has 1 atom stereocenters. The van der Waals surface area contributed by atoms with E-state index in [2.05, 4.69) is 4.90 Å². The Hall–Kier alpha value is -0.770. The molecule has 0 saturated carbocycles. The monoisotopic (exact) mass is 254 g/mol. The van der Waals surface area contributed by atoms with Gasteiger partial charge in [0.1, 0.15) is 5.75 Å². The average Bonchev–Trinajstić information content (AvgIpc) is 2.85. The van der Waals surface area contributed by atoms with Gasteiger partial charge in [0.25, 0.3) is 0 Å². The van der Waals surface area contributed by atoms with Crippen LogP contribution in [0.4, 0.5) is 0 Å². The van der Waals surface area contributed by atoms with E-state index in [1.165, 1.54) is 12.8 Å². The molecular formula is C13H19ClN2O. The zero-order valence-electron chi connectivity index (χ0n) is 10.2. The Labute approximate surface area is 107 Å². The summed E-state index contributed by atoms with van der Waals surface area (Å²) in [4.78, 5) is 2.41. The van der Waals surface area contributed by atoms with Crippen LogP contribution < -0.4 is 10.5 Å². The third kappa shape index (κ3) is 2.73. The standard InChI is InChI=1S/C13H19ClN2O/c1-17-10-4-5-11(12(14)8-10)13(9-15)16-6-2-3-7-16/h4-5,8,13H,2-3,6-7,9,15H2,1H3. The van der Waals surface area contributed by atoms with Crippen LogP contribution in [-0.4, -0.2) is 31.6 Å². The van der Waals surface area contributed by atoms with Gasteiger partial charge in [-0.25, -0.2) is 0 Å². The van der Waals surface area contributed by atoms with Crippen molar-refractivity contribution in [3.8, 4) is 5.75 Å². The molecule has 1 aromatic carbocycles. The molecule has 4 heteroatoms. The molecule has 0 aliphatic carbocycles. The highest BCUT2D eigenvalue weighted by Gasteiger charge is 2.23. The lowest BCUT2D eigenvalue weighted by Crippen LogP contribution is -2.31. The third-order valence-electron chi connectivity index (χ3n) is 3.37. The summed E-state index contributed by atoms with van der Waals surface area (Å²) < 4.78 is 5.16. The first-order valence-electron chi connectivity index (χ1n) is 6.04. The number of nitrogens with zero attached hydrogens (tertiary/aromatic N) is 1. The third-order valence-corrected chi connectivity index (χ3v) is 3.70. The molecule has 1 aromatic rings. The molecule has 0 bridgehead atoms. The Morgan fingerprint density at radius 3 is 2.65 bits per heavy atom. The summed E-state index contributed by atoms with van der Waals surface area (Å²) in [6.45, 7) is 2.83. The number of halogens is 1. The van der Waals surface area contributed by atoms with Crippen LogP contribution >= 0.6 is 11.6 Å². The van der Waals surface area contributed by atoms with E-state index in [1.54, 1.807) is 7.11 Å². The summed E-state index contributed by atoms with van der Waals surface area (Å²) in [6, 6.07) is 6.06. The van der Waals surface area contributed by atoms with Crippen molar-refractivity contribution in [2.75, 3.05) is 26.7 Å². The highest BCUT2D eigenvalue weighted by molar-refractivity contribution is 6.31. The van der Waals surface area contributed by atoms with E-state index in [-0.39, 0.29) is 6.04 Å². The molecule has 1 unspecified atom stereocenters. The number of hydrogen-bond donors (Lipinski definition) is 1. The molecule has 1 saturated heterocycles. The van der Waals surface area contributed by atoms with E-state index < -0.39 is 0 Å². The minimum atomic E-state index is 0.232. The number of hydrogen-bond acceptors (Lipinski definition) is 3. The normalized spacial score (nSPS) is 18.3. The van der Waals surface area contributed by atoms with Gasteiger partial charge in [0, 0.05) is 17.6 Å². The number of ether oxygens (including phenoxy) is 1. The molecule has 0 amide bonds. The zero-order valence-corrected chi connectivity index (χ0v) is 10.9. The van der Waals surface area contributed by atoms with E-state index in [0.717, 1.165) is 29.4 Å². The lowest BCUT2D eigenvalue weighted by atomic mass is 10.1. The summed E-state index contributed by atoms with van der Waals surface area (Å²) in [5, 5.41) is 0.742. The molecule has 1 aliphatic heterocycles. The SMILES string of the molecule is COc1ccc(C(CN)N2CCCC2)c(Cl)c1. The van der Waals surface area contributed by atoms with Crippen LogP contribution in [0, 0.1) is 0 Å². The Morgan fingerprint density at radius 1 is 1.41 bits per heavy atom. The van der Waals surface area contributed by atoms with E-state index in [4.69, 9.17) is 22.1 Å². The van der Waals surface area contributed by atoms with Crippen molar-refractivity contribution < 1.29 is 4.74 Å². The predicted molar refractivity (Wildman–Crippen MR) is 70.6 cm³/mol. The summed E-state index contributed by atoms with van der Waals surface area (Å²) in [5.74, 6) is 0.788. The number of nitrogens with two attached hydrogens (primary N) is 1. The Bertz CT molecular complexity index is 378. The molecule has 0 spiro atoms. The zero-order chi connectivity index (χ0) is 12.3. The van der Waals surface area contributed by atoms with Crippen LogP contribution in [-0.2, 0) is 0 Å². The molecule has 2 N–H and O–H groups in total. The summed E-state index contributed by atoms with van der Waals surface area (Å²) in [6.07, 6.45) is 2.51. The first kappa shape index (κ1) is 12.7. The molecule has 2 rings (SSSR count). The highest BCUT2D eigenvalue weighted by Crippen LogP contribution is 2.31. The molecule has 1 heterocycles. The van der Waals surface area contributed by atoms with Crippen molar-refractivity contribution in [2.24, 2.45) is 5.73 Å². The van der Waals surface area contributed by atoms with Gasteiger partial charge >= 0.3 is 0 Å². The second-order valence-corrected chi connectivity index (χ2v) is 4.79. The first-order chi connectivity index (χ1) is 8.26. The number of benzene rings is 1. The van der Waals surface area contributed by atoms with Crippen LogP contribution in [0.25, 0.3) is 0 Å². The van der Waals surface area contributed by atoms with Crippen LogP contribution in [0.5, 0.6) is 5.75 Å². The molecule has 94 valence electrons. The van der Waals surface area contributed by atoms with Gasteiger partial charge in [-0.3, -0.25) is 4.90 Å². The lowest BCUT2D eigenvalue weighted by molar-refractivity contribution is 0.251. The van der Waals surface area contributed by atoms with Crippen LogP contribution in [0.1, 0.15) is 24.4 Å². The van der Waals surface area contributed by atoms with E-state index in [1.807, 2.05) is 18.2 Å². The first-order valence-corrected chi connectivity index (χ1v) is 6.41. The predicted octanol–water partition coefficient (Wildman–Crippen LogP) is 2.44. The maximum absolute atomic E-state index is 6.30. The van der Waals surface area contributed by atoms with Gasteiger partial charge in [0.2, 0.25) is 0 Å². The van der Waals surface area contributed by atoms with Gasteiger partial charge in [0.05, 0.1) is 7.11 Å². The topological polar surface area (TPSA) is 38.5 Å². The molecule has 0 radical (unpaired) electrons. The van der Waals surface area contributed by atoms with Gasteiger partial charge in [-0.05, 0) is 43.6 Å². The lowest BCUT2D eigenvalue weighted by Gasteiger charge is -2.27. The fourth-order valence-corrected chi connectivity index (χ4v) is 2.73. The van der Waals surface area contributed by atoms with Crippen LogP contribution in [0.2, 0.25) is 5.02 Å². The van der Waals surface area contributed by atoms with Crippen molar-refractivity contribution in [2.45, 2.75) is 18.9 Å². The molecule has 17 heavy (non-hydrogen) atoms. The van der Waals surface area contributed by atoms with Crippen LogP contribution in [0.15, 0.2) is 18.2 Å². The number of methoxy groups -OCH3 is 1. The largest absolute Gasteiger partial charge is 0.497 e. The van der Waals surface area contributed by atoms with Crippen molar-refractivity contribution in [3.63, 3.8) is 0 Å². The quantitative estimate of drug-likeness (QED) is 0.897. The van der Waals surface area contributed by atoms with Crippen LogP contribution in [0.3, 0.4) is 0 Å². The van der Waals surface area contributed by atoms with Crippen molar-refractivity contribution in [3.05, 3.63) is 28.8 Å². The minimum Gasteiger partial charge on any atom is -0.497 e. The van der Waals surface area contributed by atoms with E-state index in [9.17, 15) is 0 Å². The van der Waals surface area contributed by atoms with Gasteiger partial charge in [-0.1, -0.05) is 17.7 Å². The fourth-order valence-electron chi connectivity index (χ4n) is 2.43. The van der Waals surface area contributed by atoms with Gasteiger partial charge in [-0.15, -0.1) is 0 Å². The van der Waals surface area contributed by atoms with E-state index in [0.29, 0.717) is 6.54 Å². The second kappa shape index (κ2) is 5.71. The maximum atomic E-state index is 6.30. The summed E-state index contributed by atoms with van der Waals surface area (Å²) >= 11 is 6.30. The minimum absolute atomic E-state index is 0.232. The molecular weight excluding hydrogens is 236 g/mol. The second-order valence-electron chi connectivity index (χ2n) is 4.38. The molecule has 3 nitrogen and oxygen atoms in total. The molecule has 1 aliphatic rings. The van der Waals surface area contributed by atoms with Gasteiger partial charge in [-0.2, -0.15) is 0 Å². The number of likely N-dealkylation sites (tertiary alicyclic amines) is 1. The summed E-state index contributed by atoms with van der Waals surface area (Å²) in [5.41, 5.74) is 7.00. The average molecular weight is 255 g/mol. The van der Waals surface area contributed by atoms with Crippen molar-refractivity contribution in [1.82, 2.24) is 4.90 Å².